The first-order valence-electron chi connectivity index (χ1n) is 5.18. The van der Waals surface area contributed by atoms with Crippen molar-refractivity contribution in [2.75, 3.05) is 0 Å². The molecule has 0 saturated carbocycles. The first-order chi connectivity index (χ1) is 9.38. The van der Waals surface area contributed by atoms with E-state index in [1.54, 1.807) is 12.1 Å². The Morgan fingerprint density at radius 3 is 2.40 bits per heavy atom. The molecule has 0 radical (unpaired) electrons. The third kappa shape index (κ3) is 3.02. The number of aromatic nitrogens is 2. The van der Waals surface area contributed by atoms with Crippen LogP contribution in [0.15, 0.2) is 33.3 Å². The largest absolute Gasteiger partial charge is 0.404 e. The van der Waals surface area contributed by atoms with Crippen LogP contribution < -0.4 is 0 Å². The van der Waals surface area contributed by atoms with Gasteiger partial charge in [-0.2, -0.15) is 4.68 Å². The van der Waals surface area contributed by atoms with Crippen molar-refractivity contribution in [2.45, 2.75) is 6.54 Å². The van der Waals surface area contributed by atoms with Crippen LogP contribution in [0.4, 0.5) is 11.5 Å². The van der Waals surface area contributed by atoms with Gasteiger partial charge < -0.3 is 10.1 Å². The highest BCUT2D eigenvalue weighted by atomic mass is 79.9. The second-order valence-electron chi connectivity index (χ2n) is 3.80. The summed E-state index contributed by atoms with van der Waals surface area (Å²) >= 11 is 6.13. The molecule has 0 atom stereocenters. The summed E-state index contributed by atoms with van der Waals surface area (Å²) in [7, 11) is 0. The van der Waals surface area contributed by atoms with Crippen LogP contribution in [0.2, 0.25) is 0 Å². The van der Waals surface area contributed by atoms with Gasteiger partial charge in [-0.25, -0.2) is 0 Å². The van der Waals surface area contributed by atoms with Gasteiger partial charge in [0.05, 0.1) is 27.2 Å². The lowest BCUT2D eigenvalue weighted by Gasteiger charge is -2.00. The van der Waals surface area contributed by atoms with Gasteiger partial charge in [-0.1, -0.05) is 6.07 Å². The number of nitro benzene ring substituents is 1. The van der Waals surface area contributed by atoms with Crippen LogP contribution in [-0.4, -0.2) is 19.6 Å². The quantitative estimate of drug-likeness (QED) is 0.573. The SMILES string of the molecule is O=[N+]([O-])c1cc(Cn2cc(Br)c([N+](=O)[O-])n2)ccc1Br. The predicted molar refractivity (Wildman–Crippen MR) is 76.5 cm³/mol. The molecule has 2 aromatic rings. The van der Waals surface area contributed by atoms with Crippen molar-refractivity contribution in [2.24, 2.45) is 0 Å². The van der Waals surface area contributed by atoms with Crippen LogP contribution in [0, 0.1) is 20.2 Å². The summed E-state index contributed by atoms with van der Waals surface area (Å²) in [6, 6.07) is 4.63. The molecular formula is C10H6Br2N4O4. The molecule has 2 rings (SSSR count). The van der Waals surface area contributed by atoms with Crippen molar-refractivity contribution < 1.29 is 9.85 Å². The molecule has 0 amide bonds. The number of halogens is 2. The van der Waals surface area contributed by atoms with Gasteiger partial charge in [0.2, 0.25) is 0 Å². The van der Waals surface area contributed by atoms with Crippen LogP contribution in [0.25, 0.3) is 0 Å². The zero-order valence-electron chi connectivity index (χ0n) is 9.69. The van der Waals surface area contributed by atoms with Crippen molar-refractivity contribution in [1.82, 2.24) is 9.78 Å². The molecule has 104 valence electrons. The van der Waals surface area contributed by atoms with Gasteiger partial charge in [0.25, 0.3) is 5.69 Å². The average Bonchev–Trinajstić information content (AvgIpc) is 2.72. The molecule has 0 saturated heterocycles. The van der Waals surface area contributed by atoms with Crippen molar-refractivity contribution in [3.8, 4) is 0 Å². The van der Waals surface area contributed by atoms with E-state index >= 15 is 0 Å². The van der Waals surface area contributed by atoms with Crippen LogP contribution in [0.5, 0.6) is 0 Å². The number of nitro groups is 2. The van der Waals surface area contributed by atoms with Gasteiger partial charge in [-0.05, 0) is 48.4 Å². The monoisotopic (exact) mass is 404 g/mol. The first-order valence-corrected chi connectivity index (χ1v) is 6.77. The Kier molecular flexibility index (Phi) is 4.14. The van der Waals surface area contributed by atoms with Crippen molar-refractivity contribution >= 4 is 43.4 Å². The molecule has 8 nitrogen and oxygen atoms in total. The van der Waals surface area contributed by atoms with Gasteiger partial charge >= 0.3 is 5.82 Å². The van der Waals surface area contributed by atoms with Gasteiger partial charge in [-0.3, -0.25) is 10.1 Å². The fourth-order valence-corrected chi connectivity index (χ4v) is 2.43. The summed E-state index contributed by atoms with van der Waals surface area (Å²) in [6.07, 6.45) is 1.45. The molecule has 0 spiro atoms. The van der Waals surface area contributed by atoms with Crippen molar-refractivity contribution in [3.05, 3.63) is 59.1 Å². The van der Waals surface area contributed by atoms with Gasteiger partial charge in [-0.15, -0.1) is 0 Å². The number of rotatable bonds is 4. The van der Waals surface area contributed by atoms with E-state index in [9.17, 15) is 20.2 Å². The molecule has 0 fully saturated rings. The van der Waals surface area contributed by atoms with Crippen molar-refractivity contribution in [3.63, 3.8) is 0 Å². The Labute approximate surface area is 129 Å². The lowest BCUT2D eigenvalue weighted by atomic mass is 10.2. The van der Waals surface area contributed by atoms with Crippen LogP contribution in [0.1, 0.15) is 5.56 Å². The van der Waals surface area contributed by atoms with Crippen LogP contribution in [-0.2, 0) is 6.54 Å². The molecule has 1 aromatic heterocycles. The van der Waals surface area contributed by atoms with Gasteiger partial charge in [0.15, 0.2) is 0 Å². The lowest BCUT2D eigenvalue weighted by Crippen LogP contribution is -2.02. The fourth-order valence-electron chi connectivity index (χ4n) is 1.58. The summed E-state index contributed by atoms with van der Waals surface area (Å²) in [5.41, 5.74) is 0.549. The molecule has 10 heteroatoms. The third-order valence-electron chi connectivity index (χ3n) is 2.42. The Hall–Kier alpha value is -1.81. The second-order valence-corrected chi connectivity index (χ2v) is 5.51. The Morgan fingerprint density at radius 1 is 1.15 bits per heavy atom. The molecule has 1 aromatic carbocycles. The normalized spacial score (nSPS) is 10.5. The van der Waals surface area contributed by atoms with E-state index in [2.05, 4.69) is 37.0 Å². The number of benzene rings is 1. The topological polar surface area (TPSA) is 104 Å². The van der Waals surface area contributed by atoms with E-state index in [0.717, 1.165) is 0 Å². The first kappa shape index (κ1) is 14.6. The molecule has 20 heavy (non-hydrogen) atoms. The van der Waals surface area contributed by atoms with Gasteiger partial charge in [0.1, 0.15) is 4.47 Å². The third-order valence-corrected chi connectivity index (χ3v) is 3.65. The molecule has 0 unspecified atom stereocenters. The number of hydrogen-bond acceptors (Lipinski definition) is 5. The minimum absolute atomic E-state index is 0.0665. The molecule has 0 aliphatic carbocycles. The highest BCUT2D eigenvalue weighted by Gasteiger charge is 2.19. The van der Waals surface area contributed by atoms with E-state index in [4.69, 9.17) is 0 Å². The highest BCUT2D eigenvalue weighted by molar-refractivity contribution is 9.11. The molecule has 0 aliphatic heterocycles. The summed E-state index contributed by atoms with van der Waals surface area (Å²) < 4.78 is 1.97. The maximum absolute atomic E-state index is 10.8. The fraction of sp³-hybridized carbons (Fsp3) is 0.100. The van der Waals surface area contributed by atoms with Crippen molar-refractivity contribution in [1.29, 1.82) is 0 Å². The lowest BCUT2D eigenvalue weighted by molar-refractivity contribution is -0.390. The molecule has 0 N–H and O–H groups in total. The number of nitrogens with zero attached hydrogens (tertiary/aromatic N) is 4. The molecule has 0 bridgehead atoms. The Balaban J connectivity index is 2.31. The van der Waals surface area contributed by atoms with E-state index < -0.39 is 9.85 Å². The predicted octanol–water partition coefficient (Wildman–Crippen LogP) is 3.27. The highest BCUT2D eigenvalue weighted by Crippen LogP contribution is 2.27. The molecule has 0 aliphatic rings. The zero-order chi connectivity index (χ0) is 14.9. The number of hydrogen-bond donors (Lipinski definition) is 0. The Bertz CT molecular complexity index is 701. The van der Waals surface area contributed by atoms with E-state index in [1.165, 1.54) is 16.9 Å². The van der Waals surface area contributed by atoms with E-state index in [-0.39, 0.29) is 22.5 Å². The summed E-state index contributed by atoms with van der Waals surface area (Å²) in [4.78, 5) is 20.4. The summed E-state index contributed by atoms with van der Waals surface area (Å²) in [5.74, 6) is -0.295. The molecule has 1 heterocycles. The summed E-state index contributed by atoms with van der Waals surface area (Å²) in [5, 5.41) is 25.3. The minimum Gasteiger partial charge on any atom is -0.358 e. The zero-order valence-corrected chi connectivity index (χ0v) is 12.9. The smallest absolute Gasteiger partial charge is 0.358 e. The van der Waals surface area contributed by atoms with E-state index in [0.29, 0.717) is 10.0 Å². The van der Waals surface area contributed by atoms with Gasteiger partial charge in [0, 0.05) is 6.07 Å². The molecular weight excluding hydrogens is 400 g/mol. The standard InChI is InChI=1S/C10H6Br2N4O4/c11-7-2-1-6(3-9(7)15(17)18)4-14-5-8(12)10(13-14)16(19)20/h1-3,5H,4H2. The van der Waals surface area contributed by atoms with E-state index in [1.807, 2.05) is 0 Å². The van der Waals surface area contributed by atoms with Crippen LogP contribution >= 0.6 is 31.9 Å². The Morgan fingerprint density at radius 2 is 1.85 bits per heavy atom. The maximum atomic E-state index is 10.8. The average molecular weight is 406 g/mol. The second kappa shape index (κ2) is 5.67. The summed E-state index contributed by atoms with van der Waals surface area (Å²) in [6.45, 7) is 0.195. The minimum atomic E-state index is -0.607. The maximum Gasteiger partial charge on any atom is 0.404 e. The van der Waals surface area contributed by atoms with Crippen LogP contribution in [0.3, 0.4) is 0 Å².